The predicted octanol–water partition coefficient (Wildman–Crippen LogP) is 2.42. The molecule has 0 spiro atoms. The summed E-state index contributed by atoms with van der Waals surface area (Å²) in [4.78, 5) is 15.2. The van der Waals surface area contributed by atoms with E-state index in [1.165, 1.54) is 21.3 Å². The van der Waals surface area contributed by atoms with Gasteiger partial charge in [0.05, 0.1) is 46.1 Å². The number of furan rings is 1. The zero-order valence-corrected chi connectivity index (χ0v) is 17.3. The summed E-state index contributed by atoms with van der Waals surface area (Å²) in [5.41, 5.74) is 0.376. The van der Waals surface area contributed by atoms with Crippen molar-refractivity contribution in [2.45, 2.75) is 13.0 Å². The molecule has 1 unspecified atom stereocenters. The number of carbonyl (C=O) groups excluding carboxylic acids is 1. The van der Waals surface area contributed by atoms with E-state index in [1.807, 2.05) is 19.1 Å². The highest BCUT2D eigenvalue weighted by Gasteiger charge is 2.26. The number of ether oxygens (including phenoxy) is 4. The monoisotopic (exact) mass is 404 g/mol. The molecule has 8 heteroatoms. The molecule has 29 heavy (non-hydrogen) atoms. The third-order valence-corrected chi connectivity index (χ3v) is 4.98. The summed E-state index contributed by atoms with van der Waals surface area (Å²) >= 11 is 0. The van der Waals surface area contributed by atoms with Gasteiger partial charge in [-0.3, -0.25) is 9.69 Å². The van der Waals surface area contributed by atoms with Gasteiger partial charge < -0.3 is 28.7 Å². The molecule has 0 radical (unpaired) electrons. The normalized spacial score (nSPS) is 15.6. The Balaban J connectivity index is 1.79. The fourth-order valence-electron chi connectivity index (χ4n) is 3.42. The van der Waals surface area contributed by atoms with E-state index in [0.29, 0.717) is 42.6 Å². The van der Waals surface area contributed by atoms with Crippen LogP contribution in [0.1, 0.15) is 27.9 Å². The van der Waals surface area contributed by atoms with Crippen LogP contribution in [-0.2, 0) is 4.74 Å². The average molecular weight is 404 g/mol. The highest BCUT2D eigenvalue weighted by Crippen LogP contribution is 2.34. The summed E-state index contributed by atoms with van der Waals surface area (Å²) in [6.07, 6.45) is 0. The van der Waals surface area contributed by atoms with Crippen LogP contribution in [0.4, 0.5) is 0 Å². The van der Waals surface area contributed by atoms with Crippen LogP contribution in [0.3, 0.4) is 0 Å². The molecule has 1 aliphatic heterocycles. The molecule has 1 N–H and O–H groups in total. The Morgan fingerprint density at radius 3 is 2.31 bits per heavy atom. The van der Waals surface area contributed by atoms with E-state index >= 15 is 0 Å². The molecule has 158 valence electrons. The maximum Gasteiger partial charge on any atom is 0.255 e. The van der Waals surface area contributed by atoms with Gasteiger partial charge in [0, 0.05) is 31.8 Å². The first-order valence-electron chi connectivity index (χ1n) is 9.53. The van der Waals surface area contributed by atoms with Crippen molar-refractivity contribution in [3.63, 3.8) is 0 Å². The quantitative estimate of drug-likeness (QED) is 0.723. The van der Waals surface area contributed by atoms with E-state index in [9.17, 15) is 4.79 Å². The molecule has 1 fully saturated rings. The van der Waals surface area contributed by atoms with Crippen molar-refractivity contribution in [3.8, 4) is 17.2 Å². The van der Waals surface area contributed by atoms with Crippen molar-refractivity contribution in [3.05, 3.63) is 41.3 Å². The second-order valence-corrected chi connectivity index (χ2v) is 6.73. The van der Waals surface area contributed by atoms with E-state index in [0.717, 1.165) is 24.6 Å². The lowest BCUT2D eigenvalue weighted by Gasteiger charge is -2.33. The van der Waals surface area contributed by atoms with Gasteiger partial charge in [0.1, 0.15) is 17.3 Å². The molecule has 1 amide bonds. The molecule has 0 aliphatic carbocycles. The molecule has 1 atom stereocenters. The molecule has 3 rings (SSSR count). The summed E-state index contributed by atoms with van der Waals surface area (Å²) in [5, 5.41) is 3.01. The molecule has 8 nitrogen and oxygen atoms in total. The third-order valence-electron chi connectivity index (χ3n) is 4.98. The van der Waals surface area contributed by atoms with Gasteiger partial charge in [0.15, 0.2) is 11.5 Å². The van der Waals surface area contributed by atoms with Crippen LogP contribution in [0.15, 0.2) is 28.7 Å². The number of amides is 1. The van der Waals surface area contributed by atoms with Gasteiger partial charge >= 0.3 is 0 Å². The van der Waals surface area contributed by atoms with Crippen molar-refractivity contribution in [2.75, 3.05) is 54.2 Å². The van der Waals surface area contributed by atoms with Crippen molar-refractivity contribution in [1.29, 1.82) is 0 Å². The Bertz CT molecular complexity index is 829. The number of hydrogen-bond acceptors (Lipinski definition) is 7. The Kier molecular flexibility index (Phi) is 7.00. The topological polar surface area (TPSA) is 82.4 Å². The van der Waals surface area contributed by atoms with E-state index in [2.05, 4.69) is 10.2 Å². The minimum Gasteiger partial charge on any atom is -0.496 e. The second kappa shape index (κ2) is 9.67. The Labute approximate surface area is 170 Å². The van der Waals surface area contributed by atoms with Crippen LogP contribution in [0.2, 0.25) is 0 Å². The third kappa shape index (κ3) is 4.83. The molecule has 0 saturated carbocycles. The molecule has 1 aromatic carbocycles. The zero-order valence-electron chi connectivity index (χ0n) is 17.3. The van der Waals surface area contributed by atoms with Gasteiger partial charge in [0.25, 0.3) is 5.91 Å². The molecule has 0 bridgehead atoms. The van der Waals surface area contributed by atoms with Crippen LogP contribution in [0.5, 0.6) is 17.2 Å². The standard InChI is InChI=1S/C21H28N2O6/c1-14-5-6-17(29-14)16(23-7-9-28-10-8-23)13-22-21(24)15-11-19(26-3)20(27-4)12-18(15)25-2/h5-6,11-12,16H,7-10,13H2,1-4H3,(H,22,24). The van der Waals surface area contributed by atoms with Gasteiger partial charge in [-0.25, -0.2) is 0 Å². The first-order chi connectivity index (χ1) is 14.1. The summed E-state index contributed by atoms with van der Waals surface area (Å²) in [6, 6.07) is 7.07. The number of hydrogen-bond donors (Lipinski definition) is 1. The summed E-state index contributed by atoms with van der Waals surface area (Å²) in [6.45, 7) is 5.18. The minimum absolute atomic E-state index is 0.0808. The number of aryl methyl sites for hydroxylation is 1. The van der Waals surface area contributed by atoms with Crippen LogP contribution >= 0.6 is 0 Å². The Hall–Kier alpha value is -2.71. The smallest absolute Gasteiger partial charge is 0.255 e. The van der Waals surface area contributed by atoms with Crippen molar-refractivity contribution >= 4 is 5.91 Å². The zero-order chi connectivity index (χ0) is 20.8. The van der Waals surface area contributed by atoms with Crippen molar-refractivity contribution < 1.29 is 28.2 Å². The SMILES string of the molecule is COc1cc(OC)c(C(=O)NCC(c2ccc(C)o2)N2CCOCC2)cc1OC. The maximum atomic E-state index is 13.0. The first-order valence-corrected chi connectivity index (χ1v) is 9.53. The van der Waals surface area contributed by atoms with Crippen LogP contribution in [0, 0.1) is 6.92 Å². The minimum atomic E-state index is -0.260. The number of rotatable bonds is 8. The number of nitrogens with zero attached hydrogens (tertiary/aromatic N) is 1. The van der Waals surface area contributed by atoms with Crippen molar-refractivity contribution in [2.24, 2.45) is 0 Å². The van der Waals surface area contributed by atoms with E-state index in [1.54, 1.807) is 12.1 Å². The van der Waals surface area contributed by atoms with Gasteiger partial charge in [-0.2, -0.15) is 0 Å². The Morgan fingerprint density at radius 1 is 1.07 bits per heavy atom. The van der Waals surface area contributed by atoms with Gasteiger partial charge in [0.2, 0.25) is 0 Å². The summed E-state index contributed by atoms with van der Waals surface area (Å²) in [7, 11) is 4.58. The summed E-state index contributed by atoms with van der Waals surface area (Å²) in [5.74, 6) is 2.78. The molecule has 2 heterocycles. The van der Waals surface area contributed by atoms with Gasteiger partial charge in [-0.15, -0.1) is 0 Å². The lowest BCUT2D eigenvalue weighted by atomic mass is 10.1. The second-order valence-electron chi connectivity index (χ2n) is 6.73. The fourth-order valence-corrected chi connectivity index (χ4v) is 3.42. The maximum absolute atomic E-state index is 13.0. The number of benzene rings is 1. The van der Waals surface area contributed by atoms with Crippen LogP contribution in [-0.4, -0.2) is 65.0 Å². The van der Waals surface area contributed by atoms with Crippen LogP contribution in [0.25, 0.3) is 0 Å². The highest BCUT2D eigenvalue weighted by molar-refractivity contribution is 5.97. The predicted molar refractivity (Wildman–Crippen MR) is 107 cm³/mol. The number of methoxy groups -OCH3 is 3. The van der Waals surface area contributed by atoms with E-state index < -0.39 is 0 Å². The largest absolute Gasteiger partial charge is 0.496 e. The first kappa shape index (κ1) is 21.0. The van der Waals surface area contributed by atoms with Gasteiger partial charge in [-0.05, 0) is 19.1 Å². The molecule has 1 aliphatic rings. The lowest BCUT2D eigenvalue weighted by Crippen LogP contribution is -2.43. The highest BCUT2D eigenvalue weighted by atomic mass is 16.5. The Morgan fingerprint density at radius 2 is 1.72 bits per heavy atom. The molecule has 2 aromatic rings. The number of morpholine rings is 1. The molecule has 1 saturated heterocycles. The summed E-state index contributed by atoms with van der Waals surface area (Å²) < 4.78 is 27.3. The van der Waals surface area contributed by atoms with E-state index in [4.69, 9.17) is 23.4 Å². The molecule has 1 aromatic heterocycles. The fraction of sp³-hybridized carbons (Fsp3) is 0.476. The van der Waals surface area contributed by atoms with Gasteiger partial charge in [-0.1, -0.05) is 0 Å². The lowest BCUT2D eigenvalue weighted by molar-refractivity contribution is 0.0117. The van der Waals surface area contributed by atoms with Crippen LogP contribution < -0.4 is 19.5 Å². The molecular formula is C21H28N2O6. The molecular weight excluding hydrogens is 376 g/mol. The van der Waals surface area contributed by atoms with Crippen molar-refractivity contribution in [1.82, 2.24) is 10.2 Å². The number of nitrogens with one attached hydrogen (secondary N) is 1. The number of carbonyl (C=O) groups is 1. The average Bonchev–Trinajstić information content (AvgIpc) is 3.19. The van der Waals surface area contributed by atoms with E-state index in [-0.39, 0.29) is 11.9 Å².